The Bertz CT molecular complexity index is 410. The Morgan fingerprint density at radius 1 is 1.47 bits per heavy atom. The van der Waals surface area contributed by atoms with Gasteiger partial charge in [0.15, 0.2) is 0 Å². The van der Waals surface area contributed by atoms with Crippen molar-refractivity contribution in [1.82, 2.24) is 20.4 Å². The first-order valence-electron chi connectivity index (χ1n) is 6.03. The van der Waals surface area contributed by atoms with Crippen molar-refractivity contribution in [3.05, 3.63) is 18.0 Å². The molecule has 0 radical (unpaired) electrons. The Kier molecular flexibility index (Phi) is 4.08. The Labute approximate surface area is 108 Å². The molecule has 19 heavy (non-hydrogen) atoms. The average molecular weight is 276 g/mol. The van der Waals surface area contributed by atoms with Gasteiger partial charge in [-0.3, -0.25) is 14.8 Å². The zero-order chi connectivity index (χ0) is 13.9. The Morgan fingerprint density at radius 3 is 2.68 bits per heavy atom. The number of likely N-dealkylation sites (tertiary alicyclic amines) is 1. The molecule has 2 rings (SSSR count). The number of halogens is 3. The van der Waals surface area contributed by atoms with E-state index < -0.39 is 12.7 Å². The van der Waals surface area contributed by atoms with Gasteiger partial charge in [-0.05, 0) is 18.9 Å². The lowest BCUT2D eigenvalue weighted by molar-refractivity contribution is -0.148. The molecule has 1 aliphatic heterocycles. The molecule has 2 N–H and O–H groups in total. The van der Waals surface area contributed by atoms with Crippen molar-refractivity contribution in [2.24, 2.45) is 0 Å². The van der Waals surface area contributed by atoms with E-state index in [1.165, 1.54) is 11.1 Å². The van der Waals surface area contributed by atoms with Crippen LogP contribution in [0.15, 0.2) is 12.3 Å². The van der Waals surface area contributed by atoms with Crippen LogP contribution in [-0.2, 0) is 0 Å². The molecule has 0 unspecified atom stereocenters. The molecule has 0 bridgehead atoms. The first-order chi connectivity index (χ1) is 8.94. The highest BCUT2D eigenvalue weighted by molar-refractivity contribution is 5.92. The minimum absolute atomic E-state index is 0.0831. The SMILES string of the molecule is O=C(NC1CCN(CC(F)(F)F)CC1)c1ccn[nH]1. The number of amides is 1. The Morgan fingerprint density at radius 2 is 2.16 bits per heavy atom. The Hall–Kier alpha value is -1.57. The molecule has 1 aromatic rings. The molecule has 0 aliphatic carbocycles. The van der Waals surface area contributed by atoms with Crippen molar-refractivity contribution in [3.8, 4) is 0 Å². The summed E-state index contributed by atoms with van der Waals surface area (Å²) in [7, 11) is 0. The molecule has 1 fully saturated rings. The predicted molar refractivity (Wildman–Crippen MR) is 61.6 cm³/mol. The van der Waals surface area contributed by atoms with Crippen LogP contribution in [0.5, 0.6) is 0 Å². The first kappa shape index (κ1) is 13.9. The first-order valence-corrected chi connectivity index (χ1v) is 6.03. The van der Waals surface area contributed by atoms with Crippen LogP contribution in [0, 0.1) is 0 Å². The van der Waals surface area contributed by atoms with E-state index in [1.807, 2.05) is 0 Å². The molecule has 106 valence electrons. The molecule has 0 atom stereocenters. The number of carbonyl (C=O) groups excluding carboxylic acids is 1. The number of alkyl halides is 3. The molecule has 2 heterocycles. The van der Waals surface area contributed by atoms with Gasteiger partial charge in [-0.15, -0.1) is 0 Å². The summed E-state index contributed by atoms with van der Waals surface area (Å²) in [6, 6.07) is 1.47. The van der Waals surface area contributed by atoms with Crippen LogP contribution in [0.1, 0.15) is 23.3 Å². The van der Waals surface area contributed by atoms with E-state index in [0.717, 1.165) is 0 Å². The minimum Gasteiger partial charge on any atom is -0.348 e. The quantitative estimate of drug-likeness (QED) is 0.871. The van der Waals surface area contributed by atoms with Crippen molar-refractivity contribution in [2.75, 3.05) is 19.6 Å². The van der Waals surface area contributed by atoms with E-state index in [2.05, 4.69) is 15.5 Å². The maximum Gasteiger partial charge on any atom is 0.401 e. The third-order valence-corrected chi connectivity index (χ3v) is 3.07. The fourth-order valence-electron chi connectivity index (χ4n) is 2.13. The van der Waals surface area contributed by atoms with Gasteiger partial charge >= 0.3 is 6.18 Å². The second-order valence-electron chi connectivity index (χ2n) is 4.61. The molecule has 0 spiro atoms. The lowest BCUT2D eigenvalue weighted by Crippen LogP contribution is -2.47. The van der Waals surface area contributed by atoms with Crippen LogP contribution >= 0.6 is 0 Å². The van der Waals surface area contributed by atoms with Crippen molar-refractivity contribution in [2.45, 2.75) is 25.1 Å². The smallest absolute Gasteiger partial charge is 0.348 e. The van der Waals surface area contributed by atoms with Crippen molar-refractivity contribution in [3.63, 3.8) is 0 Å². The largest absolute Gasteiger partial charge is 0.401 e. The van der Waals surface area contributed by atoms with E-state index in [-0.39, 0.29) is 11.9 Å². The van der Waals surface area contributed by atoms with Crippen LogP contribution < -0.4 is 5.32 Å². The van der Waals surface area contributed by atoms with E-state index in [9.17, 15) is 18.0 Å². The monoisotopic (exact) mass is 276 g/mol. The summed E-state index contributed by atoms with van der Waals surface area (Å²) in [5, 5.41) is 9.00. The van der Waals surface area contributed by atoms with Gasteiger partial charge in [0.05, 0.1) is 6.54 Å². The van der Waals surface area contributed by atoms with Crippen LogP contribution in [0.4, 0.5) is 13.2 Å². The third kappa shape index (κ3) is 4.23. The Balaban J connectivity index is 1.76. The minimum atomic E-state index is -4.16. The number of hydrogen-bond acceptors (Lipinski definition) is 3. The van der Waals surface area contributed by atoms with Crippen molar-refractivity contribution < 1.29 is 18.0 Å². The fraction of sp³-hybridized carbons (Fsp3) is 0.636. The van der Waals surface area contributed by atoms with Crippen molar-refractivity contribution >= 4 is 5.91 Å². The summed E-state index contributed by atoms with van der Waals surface area (Å²) in [5.41, 5.74) is 0.359. The van der Waals surface area contributed by atoms with Gasteiger partial charge in [-0.25, -0.2) is 0 Å². The lowest BCUT2D eigenvalue weighted by Gasteiger charge is -2.32. The number of aromatic amines is 1. The van der Waals surface area contributed by atoms with Gasteiger partial charge in [0, 0.05) is 25.3 Å². The second kappa shape index (κ2) is 5.60. The number of hydrogen-bond donors (Lipinski definition) is 2. The maximum atomic E-state index is 12.2. The molecule has 5 nitrogen and oxygen atoms in total. The maximum absolute atomic E-state index is 12.2. The van der Waals surface area contributed by atoms with Crippen LogP contribution in [0.2, 0.25) is 0 Å². The van der Waals surface area contributed by atoms with Crippen LogP contribution in [-0.4, -0.2) is 52.9 Å². The molecular formula is C11H15F3N4O. The van der Waals surface area contributed by atoms with Gasteiger partial charge in [-0.1, -0.05) is 0 Å². The van der Waals surface area contributed by atoms with Crippen molar-refractivity contribution in [1.29, 1.82) is 0 Å². The normalized spacial score (nSPS) is 18.5. The highest BCUT2D eigenvalue weighted by Gasteiger charge is 2.32. The molecule has 1 saturated heterocycles. The zero-order valence-electron chi connectivity index (χ0n) is 10.2. The standard InChI is InChI=1S/C11H15F3N4O/c12-11(13,14)7-18-5-2-8(3-6-18)16-10(19)9-1-4-15-17-9/h1,4,8H,2-3,5-7H2,(H,15,17)(H,16,19). The summed E-state index contributed by atoms with van der Waals surface area (Å²) in [6.45, 7) is -0.199. The van der Waals surface area contributed by atoms with Gasteiger partial charge in [0.2, 0.25) is 0 Å². The molecule has 8 heteroatoms. The van der Waals surface area contributed by atoms with Crippen LogP contribution in [0.25, 0.3) is 0 Å². The van der Waals surface area contributed by atoms with E-state index in [1.54, 1.807) is 6.07 Å². The summed E-state index contributed by atoms with van der Waals surface area (Å²) in [6.07, 6.45) is -1.64. The molecule has 0 aromatic carbocycles. The van der Waals surface area contributed by atoms with Gasteiger partial charge in [0.25, 0.3) is 5.91 Å². The van der Waals surface area contributed by atoms with E-state index in [4.69, 9.17) is 0 Å². The summed E-state index contributed by atoms with van der Waals surface area (Å²) in [4.78, 5) is 13.1. The number of piperidine rings is 1. The lowest BCUT2D eigenvalue weighted by atomic mass is 10.0. The number of rotatable bonds is 3. The van der Waals surface area contributed by atoms with Gasteiger partial charge < -0.3 is 5.32 Å². The molecular weight excluding hydrogens is 261 g/mol. The highest BCUT2D eigenvalue weighted by Crippen LogP contribution is 2.19. The van der Waals surface area contributed by atoms with Gasteiger partial charge in [-0.2, -0.15) is 18.3 Å². The number of nitrogens with zero attached hydrogens (tertiary/aromatic N) is 2. The second-order valence-corrected chi connectivity index (χ2v) is 4.61. The predicted octanol–water partition coefficient (Wildman–Crippen LogP) is 1.17. The molecule has 1 aliphatic rings. The summed E-state index contributed by atoms with van der Waals surface area (Å²) >= 11 is 0. The van der Waals surface area contributed by atoms with E-state index in [0.29, 0.717) is 31.6 Å². The fourth-order valence-corrected chi connectivity index (χ4v) is 2.13. The topological polar surface area (TPSA) is 61.0 Å². The van der Waals surface area contributed by atoms with E-state index >= 15 is 0 Å². The molecule has 0 saturated carbocycles. The molecule has 1 aromatic heterocycles. The number of nitrogens with one attached hydrogen (secondary N) is 2. The molecule has 1 amide bonds. The third-order valence-electron chi connectivity index (χ3n) is 3.07. The van der Waals surface area contributed by atoms with Gasteiger partial charge in [0.1, 0.15) is 5.69 Å². The number of aromatic nitrogens is 2. The number of carbonyl (C=O) groups is 1. The van der Waals surface area contributed by atoms with Crippen LogP contribution in [0.3, 0.4) is 0 Å². The summed E-state index contributed by atoms with van der Waals surface area (Å²) < 4.78 is 36.6. The summed E-state index contributed by atoms with van der Waals surface area (Å²) in [5.74, 6) is -0.272. The number of H-pyrrole nitrogens is 1. The highest BCUT2D eigenvalue weighted by atomic mass is 19.4. The average Bonchev–Trinajstić information content (AvgIpc) is 2.83. The zero-order valence-corrected chi connectivity index (χ0v) is 10.2.